The van der Waals surface area contributed by atoms with E-state index < -0.39 is 0 Å². The molecule has 0 saturated carbocycles. The highest BCUT2D eigenvalue weighted by molar-refractivity contribution is 7.71. The number of halogens is 1. The summed E-state index contributed by atoms with van der Waals surface area (Å²) < 4.78 is 2.73. The summed E-state index contributed by atoms with van der Waals surface area (Å²) in [6.07, 6.45) is 2.78. The first-order valence-corrected chi connectivity index (χ1v) is 7.28. The SMILES string of the molecule is CCc1cccnc1Cn1c(=S)[nH]c2ccc(Cl)cc21. The van der Waals surface area contributed by atoms with Crippen LogP contribution < -0.4 is 0 Å². The Hall–Kier alpha value is -1.65. The minimum Gasteiger partial charge on any atom is -0.331 e. The monoisotopic (exact) mass is 303 g/mol. The van der Waals surface area contributed by atoms with Gasteiger partial charge in [-0.1, -0.05) is 24.6 Å². The predicted molar refractivity (Wildman–Crippen MR) is 84.8 cm³/mol. The van der Waals surface area contributed by atoms with Crippen LogP contribution in [-0.2, 0) is 13.0 Å². The Balaban J connectivity index is 2.13. The molecular weight excluding hydrogens is 290 g/mol. The molecular formula is C15H14ClN3S. The third kappa shape index (κ3) is 2.37. The van der Waals surface area contributed by atoms with Gasteiger partial charge in [0.15, 0.2) is 4.77 Å². The minimum absolute atomic E-state index is 0.656. The van der Waals surface area contributed by atoms with Crippen LogP contribution in [0.25, 0.3) is 11.0 Å². The van der Waals surface area contributed by atoms with E-state index in [0.717, 1.165) is 23.1 Å². The smallest absolute Gasteiger partial charge is 0.178 e. The summed E-state index contributed by atoms with van der Waals surface area (Å²) >= 11 is 11.5. The molecule has 1 N–H and O–H groups in total. The van der Waals surface area contributed by atoms with Gasteiger partial charge < -0.3 is 9.55 Å². The molecule has 3 nitrogen and oxygen atoms in total. The van der Waals surface area contributed by atoms with Crippen molar-refractivity contribution in [3.63, 3.8) is 0 Å². The quantitative estimate of drug-likeness (QED) is 0.729. The Kier molecular flexibility index (Phi) is 3.59. The van der Waals surface area contributed by atoms with Crippen LogP contribution in [0, 0.1) is 4.77 Å². The molecule has 1 aromatic carbocycles. The van der Waals surface area contributed by atoms with Gasteiger partial charge >= 0.3 is 0 Å². The van der Waals surface area contributed by atoms with Gasteiger partial charge in [-0.05, 0) is 48.5 Å². The molecule has 2 aromatic heterocycles. The number of aromatic amines is 1. The van der Waals surface area contributed by atoms with Gasteiger partial charge in [0.2, 0.25) is 0 Å². The molecule has 102 valence electrons. The zero-order valence-corrected chi connectivity index (χ0v) is 12.6. The van der Waals surface area contributed by atoms with Crippen LogP contribution in [0.5, 0.6) is 0 Å². The number of nitrogens with zero attached hydrogens (tertiary/aromatic N) is 2. The number of rotatable bonds is 3. The van der Waals surface area contributed by atoms with Crippen LogP contribution >= 0.6 is 23.8 Å². The number of aromatic nitrogens is 3. The van der Waals surface area contributed by atoms with Crippen LogP contribution in [0.15, 0.2) is 36.5 Å². The van der Waals surface area contributed by atoms with Crippen molar-refractivity contribution in [2.24, 2.45) is 0 Å². The molecule has 0 unspecified atom stereocenters. The van der Waals surface area contributed by atoms with Crippen molar-refractivity contribution >= 4 is 34.9 Å². The molecule has 3 rings (SSSR count). The number of H-pyrrole nitrogens is 1. The van der Waals surface area contributed by atoms with Gasteiger partial charge in [0, 0.05) is 11.2 Å². The van der Waals surface area contributed by atoms with Gasteiger partial charge in [-0.3, -0.25) is 4.98 Å². The van der Waals surface area contributed by atoms with Crippen molar-refractivity contribution in [1.82, 2.24) is 14.5 Å². The summed E-state index contributed by atoms with van der Waals surface area (Å²) in [6.45, 7) is 2.79. The van der Waals surface area contributed by atoms with Crippen LogP contribution in [0.1, 0.15) is 18.2 Å². The van der Waals surface area contributed by atoms with Crippen molar-refractivity contribution in [2.45, 2.75) is 19.9 Å². The molecule has 3 aromatic rings. The van der Waals surface area contributed by atoms with Crippen molar-refractivity contribution in [3.8, 4) is 0 Å². The largest absolute Gasteiger partial charge is 0.331 e. The Morgan fingerprint density at radius 3 is 3.00 bits per heavy atom. The standard InChI is InChI=1S/C15H14ClN3S/c1-2-10-4-3-7-17-13(10)9-19-14-8-11(16)5-6-12(14)18-15(19)20/h3-8H,2,9H2,1H3,(H,18,20). The summed E-state index contributed by atoms with van der Waals surface area (Å²) in [5.41, 5.74) is 4.29. The van der Waals surface area contributed by atoms with Crippen molar-refractivity contribution in [3.05, 3.63) is 57.6 Å². The van der Waals surface area contributed by atoms with E-state index in [1.54, 1.807) is 0 Å². The zero-order valence-electron chi connectivity index (χ0n) is 11.1. The number of fused-ring (bicyclic) bond motifs is 1. The first kappa shape index (κ1) is 13.3. The van der Waals surface area contributed by atoms with E-state index in [0.29, 0.717) is 16.3 Å². The number of hydrogen-bond donors (Lipinski definition) is 1. The second-order valence-corrected chi connectivity index (χ2v) is 5.46. The maximum atomic E-state index is 6.08. The fourth-order valence-corrected chi connectivity index (χ4v) is 2.81. The Labute approximate surface area is 127 Å². The maximum absolute atomic E-state index is 6.08. The predicted octanol–water partition coefficient (Wildman–Crippen LogP) is 4.36. The van der Waals surface area contributed by atoms with Gasteiger partial charge in [-0.25, -0.2) is 0 Å². The summed E-state index contributed by atoms with van der Waals surface area (Å²) in [5, 5.41) is 0.706. The minimum atomic E-state index is 0.656. The van der Waals surface area contributed by atoms with E-state index in [-0.39, 0.29) is 0 Å². The Morgan fingerprint density at radius 2 is 2.20 bits per heavy atom. The average molecular weight is 304 g/mol. The molecule has 0 atom stereocenters. The molecule has 2 heterocycles. The number of aryl methyl sites for hydroxylation is 1. The van der Waals surface area contributed by atoms with E-state index in [1.807, 2.05) is 35.0 Å². The summed E-state index contributed by atoms with van der Waals surface area (Å²) in [6, 6.07) is 9.81. The fourth-order valence-electron chi connectivity index (χ4n) is 2.37. The normalized spacial score (nSPS) is 11.1. The molecule has 0 fully saturated rings. The van der Waals surface area contributed by atoms with Crippen LogP contribution in [-0.4, -0.2) is 14.5 Å². The molecule has 0 spiro atoms. The lowest BCUT2D eigenvalue weighted by Gasteiger charge is -2.08. The molecule has 0 aliphatic heterocycles. The van der Waals surface area contributed by atoms with E-state index in [2.05, 4.69) is 23.0 Å². The van der Waals surface area contributed by atoms with E-state index >= 15 is 0 Å². The molecule has 5 heteroatoms. The summed E-state index contributed by atoms with van der Waals surface area (Å²) in [7, 11) is 0. The van der Waals surface area contributed by atoms with Crippen LogP contribution in [0.4, 0.5) is 0 Å². The Morgan fingerprint density at radius 1 is 1.35 bits per heavy atom. The van der Waals surface area contributed by atoms with Crippen molar-refractivity contribution in [1.29, 1.82) is 0 Å². The number of pyridine rings is 1. The lowest BCUT2D eigenvalue weighted by molar-refractivity contribution is 0.771. The maximum Gasteiger partial charge on any atom is 0.178 e. The zero-order chi connectivity index (χ0) is 14.1. The number of nitrogens with one attached hydrogen (secondary N) is 1. The average Bonchev–Trinajstić information content (AvgIpc) is 2.76. The Bertz CT molecular complexity index is 819. The first-order chi connectivity index (χ1) is 9.69. The van der Waals surface area contributed by atoms with Gasteiger partial charge in [0.05, 0.1) is 23.3 Å². The van der Waals surface area contributed by atoms with Crippen LogP contribution in [0.3, 0.4) is 0 Å². The molecule has 0 aliphatic rings. The summed E-state index contributed by atoms with van der Waals surface area (Å²) in [5.74, 6) is 0. The fraction of sp³-hybridized carbons (Fsp3) is 0.200. The highest BCUT2D eigenvalue weighted by atomic mass is 35.5. The second-order valence-electron chi connectivity index (χ2n) is 4.64. The van der Waals surface area contributed by atoms with Gasteiger partial charge in [0.1, 0.15) is 0 Å². The van der Waals surface area contributed by atoms with Crippen LogP contribution in [0.2, 0.25) is 5.02 Å². The van der Waals surface area contributed by atoms with Crippen molar-refractivity contribution < 1.29 is 0 Å². The van der Waals surface area contributed by atoms with Gasteiger partial charge in [-0.2, -0.15) is 0 Å². The number of imidazole rings is 1. The lowest BCUT2D eigenvalue weighted by Crippen LogP contribution is -2.05. The second kappa shape index (κ2) is 5.38. The van der Waals surface area contributed by atoms with Gasteiger partial charge in [0.25, 0.3) is 0 Å². The topological polar surface area (TPSA) is 33.6 Å². The van der Waals surface area contributed by atoms with E-state index in [4.69, 9.17) is 23.8 Å². The third-order valence-corrected chi connectivity index (χ3v) is 3.97. The van der Waals surface area contributed by atoms with E-state index in [9.17, 15) is 0 Å². The van der Waals surface area contributed by atoms with Gasteiger partial charge in [-0.15, -0.1) is 0 Å². The first-order valence-electron chi connectivity index (χ1n) is 6.50. The number of hydrogen-bond acceptors (Lipinski definition) is 2. The molecule has 0 bridgehead atoms. The number of benzene rings is 1. The van der Waals surface area contributed by atoms with E-state index in [1.165, 1.54) is 5.56 Å². The molecule has 0 aliphatic carbocycles. The molecule has 0 radical (unpaired) electrons. The highest BCUT2D eigenvalue weighted by Gasteiger charge is 2.08. The highest BCUT2D eigenvalue weighted by Crippen LogP contribution is 2.20. The summed E-state index contributed by atoms with van der Waals surface area (Å²) in [4.78, 5) is 7.68. The molecule has 0 saturated heterocycles. The lowest BCUT2D eigenvalue weighted by atomic mass is 10.1. The molecule has 0 amide bonds. The molecule has 20 heavy (non-hydrogen) atoms. The third-order valence-electron chi connectivity index (χ3n) is 3.41. The van der Waals surface area contributed by atoms with Crippen molar-refractivity contribution in [2.75, 3.05) is 0 Å².